The van der Waals surface area contributed by atoms with Crippen LogP contribution in [0.1, 0.15) is 46.0 Å². The van der Waals surface area contributed by atoms with Crippen LogP contribution in [0.15, 0.2) is 15.5 Å². The molecule has 1 aliphatic carbocycles. The Bertz CT molecular complexity index is 520. The van der Waals surface area contributed by atoms with Crippen LogP contribution in [0.5, 0.6) is 0 Å². The van der Waals surface area contributed by atoms with Gasteiger partial charge < -0.3 is 5.32 Å². The lowest BCUT2D eigenvalue weighted by atomic mass is 10.2. The topological polar surface area (TPSA) is 46.9 Å². The van der Waals surface area contributed by atoms with Gasteiger partial charge in [-0.15, -0.1) is 0 Å². The maximum atomic E-state index is 12.3. The molecule has 4 nitrogen and oxygen atoms in total. The van der Waals surface area contributed by atoms with E-state index in [-0.39, 0.29) is 5.56 Å². The maximum absolute atomic E-state index is 12.3. The lowest BCUT2D eigenvalue weighted by molar-refractivity contribution is 0.540. The number of hydrogen-bond acceptors (Lipinski definition) is 4. The Morgan fingerprint density at radius 1 is 1.48 bits per heavy atom. The average Bonchev–Trinajstić information content (AvgIpc) is 2.91. The van der Waals surface area contributed by atoms with Crippen molar-refractivity contribution in [2.75, 3.05) is 11.1 Å². The number of anilines is 1. The molecule has 1 aromatic rings. The molecule has 0 spiro atoms. The van der Waals surface area contributed by atoms with E-state index in [1.165, 1.54) is 19.3 Å². The van der Waals surface area contributed by atoms with Gasteiger partial charge in [0.2, 0.25) is 0 Å². The van der Waals surface area contributed by atoms with Gasteiger partial charge in [0.1, 0.15) is 4.47 Å². The second-order valence-corrected chi connectivity index (χ2v) is 7.74. The van der Waals surface area contributed by atoms with Gasteiger partial charge in [0.25, 0.3) is 5.56 Å². The molecule has 0 aliphatic heterocycles. The van der Waals surface area contributed by atoms with Gasteiger partial charge in [-0.1, -0.05) is 26.7 Å². The summed E-state index contributed by atoms with van der Waals surface area (Å²) in [5.74, 6) is 1.14. The highest BCUT2D eigenvalue weighted by Gasteiger charge is 2.27. The first-order valence-corrected chi connectivity index (χ1v) is 9.65. The number of nitrogens with one attached hydrogen (secondary N) is 1. The molecule has 118 valence electrons. The van der Waals surface area contributed by atoms with E-state index >= 15 is 0 Å². The molecule has 2 rings (SSSR count). The molecule has 1 heterocycles. The van der Waals surface area contributed by atoms with Crippen LogP contribution in [0, 0.1) is 0 Å². The second kappa shape index (κ2) is 8.22. The molecule has 1 fully saturated rings. The van der Waals surface area contributed by atoms with Gasteiger partial charge in [0, 0.05) is 17.8 Å². The van der Waals surface area contributed by atoms with Crippen molar-refractivity contribution in [2.45, 2.75) is 63.8 Å². The van der Waals surface area contributed by atoms with Gasteiger partial charge in [0.05, 0.1) is 11.9 Å². The summed E-state index contributed by atoms with van der Waals surface area (Å²) in [6, 6.07) is 0.443. The van der Waals surface area contributed by atoms with Crippen molar-refractivity contribution < 1.29 is 0 Å². The molecule has 0 saturated heterocycles. The summed E-state index contributed by atoms with van der Waals surface area (Å²) < 4.78 is 2.16. The van der Waals surface area contributed by atoms with E-state index in [9.17, 15) is 4.79 Å². The number of hydrogen-bond donors (Lipinski definition) is 1. The van der Waals surface area contributed by atoms with Gasteiger partial charge >= 0.3 is 0 Å². The molecule has 1 N–H and O–H groups in total. The molecule has 2 atom stereocenters. The van der Waals surface area contributed by atoms with Crippen molar-refractivity contribution >= 4 is 33.4 Å². The van der Waals surface area contributed by atoms with Crippen LogP contribution in [0.4, 0.5) is 5.69 Å². The predicted octanol–water partition coefficient (Wildman–Crippen LogP) is 3.89. The molecule has 0 radical (unpaired) electrons. The molecular formula is C15H24BrN3OS. The van der Waals surface area contributed by atoms with Gasteiger partial charge in [0.15, 0.2) is 0 Å². The number of aryl methyl sites for hydroxylation is 1. The van der Waals surface area contributed by atoms with E-state index in [1.54, 1.807) is 10.9 Å². The minimum atomic E-state index is -0.0360. The van der Waals surface area contributed by atoms with Crippen molar-refractivity contribution in [3.8, 4) is 0 Å². The molecule has 0 bridgehead atoms. The van der Waals surface area contributed by atoms with E-state index in [2.05, 4.69) is 40.2 Å². The minimum absolute atomic E-state index is 0.0360. The van der Waals surface area contributed by atoms with Crippen LogP contribution >= 0.6 is 27.7 Å². The first-order valence-electron chi connectivity index (χ1n) is 7.81. The highest BCUT2D eigenvalue weighted by Crippen LogP contribution is 2.32. The van der Waals surface area contributed by atoms with Crippen LogP contribution in [0.2, 0.25) is 0 Å². The third-order valence-electron chi connectivity index (χ3n) is 3.88. The molecule has 21 heavy (non-hydrogen) atoms. The summed E-state index contributed by atoms with van der Waals surface area (Å²) in [5.41, 5.74) is 0.799. The van der Waals surface area contributed by atoms with Gasteiger partial charge in [-0.3, -0.25) is 4.79 Å². The lowest BCUT2D eigenvalue weighted by Crippen LogP contribution is -2.29. The first kappa shape index (κ1) is 16.9. The van der Waals surface area contributed by atoms with E-state index in [1.807, 2.05) is 11.8 Å². The number of unbranched alkanes of at least 4 members (excludes halogenated alkanes) is 1. The summed E-state index contributed by atoms with van der Waals surface area (Å²) in [5, 5.41) is 8.46. The summed E-state index contributed by atoms with van der Waals surface area (Å²) in [7, 11) is 0. The zero-order valence-electron chi connectivity index (χ0n) is 12.8. The summed E-state index contributed by atoms with van der Waals surface area (Å²) in [6.45, 7) is 5.00. The van der Waals surface area contributed by atoms with Crippen molar-refractivity contribution in [1.82, 2.24) is 9.78 Å². The van der Waals surface area contributed by atoms with Gasteiger partial charge in [-0.2, -0.15) is 16.9 Å². The largest absolute Gasteiger partial charge is 0.379 e. The smallest absolute Gasteiger partial charge is 0.283 e. The standard InChI is InChI=1S/C15H24BrN3OS/c1-3-5-9-19-15(20)14(16)12(10-17-19)18-11-7-6-8-13(11)21-4-2/h10-11,13,18H,3-9H2,1-2H3. The highest BCUT2D eigenvalue weighted by molar-refractivity contribution is 9.10. The zero-order valence-corrected chi connectivity index (χ0v) is 15.2. The van der Waals surface area contributed by atoms with Crippen LogP contribution in [0.25, 0.3) is 0 Å². The quantitative estimate of drug-likeness (QED) is 0.787. The molecule has 0 amide bonds. The van der Waals surface area contributed by atoms with Crippen LogP contribution in [-0.4, -0.2) is 26.8 Å². The molecule has 6 heteroatoms. The van der Waals surface area contributed by atoms with Crippen molar-refractivity contribution in [1.29, 1.82) is 0 Å². The SMILES string of the molecule is CCCCn1ncc(NC2CCCC2SCC)c(Br)c1=O. The number of rotatable bonds is 7. The van der Waals surface area contributed by atoms with Crippen LogP contribution in [-0.2, 0) is 6.54 Å². The predicted molar refractivity (Wildman–Crippen MR) is 94.3 cm³/mol. The highest BCUT2D eigenvalue weighted by atomic mass is 79.9. The molecule has 1 aliphatic rings. The summed E-state index contributed by atoms with van der Waals surface area (Å²) in [6.07, 6.45) is 7.51. The van der Waals surface area contributed by atoms with E-state index in [0.717, 1.165) is 24.3 Å². The molecule has 1 saturated carbocycles. The Kier molecular flexibility index (Phi) is 6.61. The zero-order chi connectivity index (χ0) is 15.2. The Morgan fingerprint density at radius 3 is 3.00 bits per heavy atom. The Morgan fingerprint density at radius 2 is 2.29 bits per heavy atom. The lowest BCUT2D eigenvalue weighted by Gasteiger charge is -2.22. The number of halogens is 1. The van der Waals surface area contributed by atoms with Crippen molar-refractivity contribution in [3.05, 3.63) is 21.0 Å². The van der Waals surface area contributed by atoms with Crippen LogP contribution < -0.4 is 10.9 Å². The maximum Gasteiger partial charge on any atom is 0.283 e. The number of nitrogens with zero attached hydrogens (tertiary/aromatic N) is 2. The molecule has 0 aromatic carbocycles. The van der Waals surface area contributed by atoms with E-state index < -0.39 is 0 Å². The molecule has 2 unspecified atom stereocenters. The van der Waals surface area contributed by atoms with E-state index in [0.29, 0.717) is 22.3 Å². The Balaban J connectivity index is 2.10. The summed E-state index contributed by atoms with van der Waals surface area (Å²) in [4.78, 5) is 12.3. The second-order valence-electron chi connectivity index (χ2n) is 5.43. The Hall–Kier alpha value is -0.490. The molecule has 1 aromatic heterocycles. The van der Waals surface area contributed by atoms with Crippen LogP contribution in [0.3, 0.4) is 0 Å². The third-order valence-corrected chi connectivity index (χ3v) is 5.97. The number of aromatic nitrogens is 2. The van der Waals surface area contributed by atoms with Gasteiger partial charge in [-0.25, -0.2) is 4.68 Å². The third kappa shape index (κ3) is 4.25. The van der Waals surface area contributed by atoms with Gasteiger partial charge in [-0.05, 0) is 40.9 Å². The number of thioether (sulfide) groups is 1. The summed E-state index contributed by atoms with van der Waals surface area (Å²) >= 11 is 5.46. The van der Waals surface area contributed by atoms with Crippen molar-refractivity contribution in [3.63, 3.8) is 0 Å². The first-order chi connectivity index (χ1) is 10.2. The fourth-order valence-electron chi connectivity index (χ4n) is 2.74. The average molecular weight is 374 g/mol. The fourth-order valence-corrected chi connectivity index (χ4v) is 4.36. The van der Waals surface area contributed by atoms with E-state index in [4.69, 9.17) is 0 Å². The fraction of sp³-hybridized carbons (Fsp3) is 0.733. The normalized spacial score (nSPS) is 21.7. The minimum Gasteiger partial charge on any atom is -0.379 e. The van der Waals surface area contributed by atoms with Crippen molar-refractivity contribution in [2.24, 2.45) is 0 Å². The molecular weight excluding hydrogens is 350 g/mol. The Labute approximate surface area is 139 Å². The monoisotopic (exact) mass is 373 g/mol.